The number of carbonyl (C=O) groups is 1. The van der Waals surface area contributed by atoms with Crippen LogP contribution in [-0.4, -0.2) is 68.5 Å². The molecule has 3 unspecified atom stereocenters. The summed E-state index contributed by atoms with van der Waals surface area (Å²) < 4.78 is 23.1. The Labute approximate surface area is 319 Å². The number of carbonyl (C=O) groups excluding carboxylic acids is 1. The van der Waals surface area contributed by atoms with Gasteiger partial charge in [0.25, 0.3) is 7.82 Å². The van der Waals surface area contributed by atoms with Crippen molar-refractivity contribution in [1.29, 1.82) is 0 Å². The van der Waals surface area contributed by atoms with Crippen molar-refractivity contribution in [2.24, 2.45) is 0 Å². The lowest BCUT2D eigenvalue weighted by atomic mass is 10.0. The van der Waals surface area contributed by atoms with Crippen molar-refractivity contribution in [3.05, 3.63) is 72.9 Å². The first kappa shape index (κ1) is 49.9. The third-order valence-corrected chi connectivity index (χ3v) is 9.44. The highest BCUT2D eigenvalue weighted by Gasteiger charge is 2.24. The molecule has 9 heteroatoms. The van der Waals surface area contributed by atoms with E-state index in [0.717, 1.165) is 57.8 Å². The second-order valence-electron chi connectivity index (χ2n) is 14.6. The average molecular weight is 749 g/mol. The molecule has 3 atom stereocenters. The molecule has 2 N–H and O–H groups in total. The molecule has 0 rings (SSSR count). The SMILES string of the molecule is CC/C=C\C/C=C\C/C=C\C/C=C\C/C=C\C/C=C\CCC(=O)NC(COP(=O)([O-])OCC[N+](C)(C)C)C(O)CCCCCCCCCCCCC. The number of nitrogens with zero attached hydrogens (tertiary/aromatic N) is 1. The first-order chi connectivity index (χ1) is 25.0. The number of hydrogen-bond acceptors (Lipinski definition) is 6. The number of quaternary nitrogens is 1. The van der Waals surface area contributed by atoms with Gasteiger partial charge >= 0.3 is 0 Å². The van der Waals surface area contributed by atoms with Gasteiger partial charge in [-0.05, 0) is 51.4 Å². The van der Waals surface area contributed by atoms with E-state index in [4.69, 9.17) is 9.05 Å². The predicted molar refractivity (Wildman–Crippen MR) is 219 cm³/mol. The number of nitrogens with one attached hydrogen (secondary N) is 1. The van der Waals surface area contributed by atoms with Crippen LogP contribution < -0.4 is 10.2 Å². The molecule has 0 aliphatic heterocycles. The minimum Gasteiger partial charge on any atom is -0.756 e. The molecule has 0 saturated heterocycles. The van der Waals surface area contributed by atoms with Crippen LogP contribution in [0, 0.1) is 0 Å². The molecule has 0 heterocycles. The molecule has 52 heavy (non-hydrogen) atoms. The molecule has 0 radical (unpaired) electrons. The maximum absolute atomic E-state index is 12.8. The van der Waals surface area contributed by atoms with Crippen molar-refractivity contribution < 1.29 is 32.9 Å². The zero-order valence-electron chi connectivity index (χ0n) is 33.7. The number of phosphoric acid groups is 1. The smallest absolute Gasteiger partial charge is 0.268 e. The molecule has 0 fully saturated rings. The molecular formula is C43H77N2O6P. The molecule has 0 aromatic heterocycles. The van der Waals surface area contributed by atoms with E-state index in [0.29, 0.717) is 23.9 Å². The van der Waals surface area contributed by atoms with E-state index in [9.17, 15) is 19.4 Å². The Morgan fingerprint density at radius 1 is 0.692 bits per heavy atom. The van der Waals surface area contributed by atoms with Gasteiger partial charge in [-0.25, -0.2) is 0 Å². The lowest BCUT2D eigenvalue weighted by molar-refractivity contribution is -0.870. The number of amides is 1. The summed E-state index contributed by atoms with van der Waals surface area (Å²) in [5.41, 5.74) is 0. The quantitative estimate of drug-likeness (QED) is 0.0289. The Bertz CT molecular complexity index is 1080. The highest BCUT2D eigenvalue weighted by molar-refractivity contribution is 7.45. The van der Waals surface area contributed by atoms with Crippen LogP contribution in [0.1, 0.15) is 142 Å². The van der Waals surface area contributed by atoms with Gasteiger partial charge in [0, 0.05) is 6.42 Å². The fourth-order valence-corrected chi connectivity index (χ4v) is 5.96. The van der Waals surface area contributed by atoms with E-state index in [-0.39, 0.29) is 25.5 Å². The summed E-state index contributed by atoms with van der Waals surface area (Å²) in [7, 11) is 1.24. The van der Waals surface area contributed by atoms with Crippen molar-refractivity contribution in [2.45, 2.75) is 154 Å². The average Bonchev–Trinajstić information content (AvgIpc) is 3.09. The first-order valence-corrected chi connectivity index (χ1v) is 21.7. The maximum Gasteiger partial charge on any atom is 0.268 e. The fraction of sp³-hybridized carbons (Fsp3) is 0.698. The molecule has 0 bridgehead atoms. The molecule has 0 aromatic carbocycles. The molecule has 0 aliphatic rings. The molecule has 8 nitrogen and oxygen atoms in total. The van der Waals surface area contributed by atoms with Crippen LogP contribution in [0.4, 0.5) is 0 Å². The van der Waals surface area contributed by atoms with E-state index in [1.165, 1.54) is 51.4 Å². The molecule has 0 aliphatic carbocycles. The van der Waals surface area contributed by atoms with E-state index in [1.54, 1.807) is 0 Å². The zero-order valence-corrected chi connectivity index (χ0v) is 34.6. The lowest BCUT2D eigenvalue weighted by Crippen LogP contribution is -2.46. The molecule has 0 spiro atoms. The van der Waals surface area contributed by atoms with Gasteiger partial charge in [0.15, 0.2) is 0 Å². The van der Waals surface area contributed by atoms with Crippen LogP contribution in [0.5, 0.6) is 0 Å². The van der Waals surface area contributed by atoms with Crippen molar-refractivity contribution in [1.82, 2.24) is 5.32 Å². The Hall–Kier alpha value is -2.06. The van der Waals surface area contributed by atoms with Crippen LogP contribution in [0.15, 0.2) is 72.9 Å². The normalized spacial score (nSPS) is 15.3. The maximum atomic E-state index is 12.8. The highest BCUT2D eigenvalue weighted by atomic mass is 31.2. The van der Waals surface area contributed by atoms with E-state index in [2.05, 4.69) is 79.9 Å². The number of hydrogen-bond donors (Lipinski definition) is 2. The second kappa shape index (κ2) is 34.7. The molecule has 300 valence electrons. The van der Waals surface area contributed by atoms with Gasteiger partial charge in [-0.3, -0.25) is 9.36 Å². The predicted octanol–water partition coefficient (Wildman–Crippen LogP) is 10.2. The van der Waals surface area contributed by atoms with E-state index < -0.39 is 20.0 Å². The summed E-state index contributed by atoms with van der Waals surface area (Å²) in [6.07, 6.45) is 44.9. The minimum atomic E-state index is -4.58. The summed E-state index contributed by atoms with van der Waals surface area (Å²) in [6, 6.07) is -0.842. The molecule has 0 aromatic rings. The first-order valence-electron chi connectivity index (χ1n) is 20.3. The van der Waals surface area contributed by atoms with E-state index >= 15 is 0 Å². The molecular weight excluding hydrogens is 671 g/mol. The summed E-state index contributed by atoms with van der Waals surface area (Å²) in [5.74, 6) is -0.252. The van der Waals surface area contributed by atoms with Crippen molar-refractivity contribution in [2.75, 3.05) is 40.9 Å². The van der Waals surface area contributed by atoms with Crippen molar-refractivity contribution in [3.63, 3.8) is 0 Å². The Balaban J connectivity index is 4.57. The summed E-state index contributed by atoms with van der Waals surface area (Å²) >= 11 is 0. The second-order valence-corrected chi connectivity index (χ2v) is 16.0. The van der Waals surface area contributed by atoms with Gasteiger partial charge in [-0.15, -0.1) is 0 Å². The summed E-state index contributed by atoms with van der Waals surface area (Å²) in [4.78, 5) is 25.2. The standard InChI is InChI=1S/C43H77N2O6P/c1-6-8-10-12-14-16-18-19-20-21-22-23-24-25-27-29-31-33-35-37-43(47)44-41(40-51-52(48,49)50-39-38-45(3,4)5)42(46)36-34-32-30-28-26-17-15-13-11-9-7-2/h8,10,14,16,19-20,22-23,25,27,31,33,41-42,46H,6-7,9,11-13,15,17-18,21,24,26,28-30,32,34-40H2,1-5H3,(H-,44,47,48,49)/b10-8-,16-14-,20-19-,23-22-,27-25-,33-31-. The minimum absolute atomic E-state index is 0.00540. The van der Waals surface area contributed by atoms with Crippen molar-refractivity contribution in [3.8, 4) is 0 Å². The highest BCUT2D eigenvalue weighted by Crippen LogP contribution is 2.38. The van der Waals surface area contributed by atoms with Gasteiger partial charge < -0.3 is 28.8 Å². The van der Waals surface area contributed by atoms with Gasteiger partial charge in [-0.2, -0.15) is 0 Å². The summed E-state index contributed by atoms with van der Waals surface area (Å²) in [6.45, 7) is 4.50. The van der Waals surface area contributed by atoms with Gasteiger partial charge in [0.2, 0.25) is 5.91 Å². The number of rotatable bonds is 35. The number of likely N-dealkylation sites (N-methyl/N-ethyl adjacent to an activating group) is 1. The number of allylic oxidation sites excluding steroid dienone is 12. The number of aliphatic hydroxyl groups is 1. The largest absolute Gasteiger partial charge is 0.756 e. The zero-order chi connectivity index (χ0) is 38.6. The van der Waals surface area contributed by atoms with Crippen LogP contribution >= 0.6 is 7.82 Å². The molecule has 1 amide bonds. The van der Waals surface area contributed by atoms with Gasteiger partial charge in [-0.1, -0.05) is 157 Å². The number of unbranched alkanes of at least 4 members (excludes halogenated alkanes) is 10. The molecule has 0 saturated carbocycles. The Morgan fingerprint density at radius 2 is 1.13 bits per heavy atom. The third kappa shape index (κ3) is 36.3. The Kier molecular flexibility index (Phi) is 33.3. The monoisotopic (exact) mass is 749 g/mol. The van der Waals surface area contributed by atoms with Crippen LogP contribution in [0.25, 0.3) is 0 Å². The summed E-state index contributed by atoms with van der Waals surface area (Å²) in [5, 5.41) is 13.8. The number of aliphatic hydroxyl groups excluding tert-OH is 1. The van der Waals surface area contributed by atoms with Crippen LogP contribution in [-0.2, 0) is 18.4 Å². The van der Waals surface area contributed by atoms with Gasteiger partial charge in [0.05, 0.1) is 39.9 Å². The fourth-order valence-electron chi connectivity index (χ4n) is 5.24. The Morgan fingerprint density at radius 3 is 1.60 bits per heavy atom. The number of phosphoric ester groups is 1. The van der Waals surface area contributed by atoms with Gasteiger partial charge in [0.1, 0.15) is 13.2 Å². The van der Waals surface area contributed by atoms with Crippen LogP contribution in [0.2, 0.25) is 0 Å². The van der Waals surface area contributed by atoms with E-state index in [1.807, 2.05) is 33.3 Å². The van der Waals surface area contributed by atoms with Crippen LogP contribution in [0.3, 0.4) is 0 Å². The topological polar surface area (TPSA) is 108 Å². The lowest BCUT2D eigenvalue weighted by Gasteiger charge is -2.30. The third-order valence-electron chi connectivity index (χ3n) is 8.47. The van der Waals surface area contributed by atoms with Crippen molar-refractivity contribution >= 4 is 13.7 Å².